The lowest BCUT2D eigenvalue weighted by atomic mass is 9.88. The molecule has 2 aliphatic rings. The van der Waals surface area contributed by atoms with Crippen LogP contribution in [0.4, 0.5) is 10.5 Å². The Bertz CT molecular complexity index is 988. The lowest BCUT2D eigenvalue weighted by molar-refractivity contribution is 0.251. The van der Waals surface area contributed by atoms with Crippen LogP contribution in [-0.2, 0) is 0 Å². The van der Waals surface area contributed by atoms with Crippen molar-refractivity contribution in [3.05, 3.63) is 59.9 Å². The summed E-state index contributed by atoms with van der Waals surface area (Å²) in [6.07, 6.45) is 4.11. The summed E-state index contributed by atoms with van der Waals surface area (Å²) in [4.78, 5) is 24.2. The molecular formula is C22H25N5O. The summed E-state index contributed by atoms with van der Waals surface area (Å²) >= 11 is 0. The van der Waals surface area contributed by atoms with Crippen molar-refractivity contribution in [1.29, 1.82) is 0 Å². The third kappa shape index (κ3) is 3.03. The van der Waals surface area contributed by atoms with E-state index >= 15 is 0 Å². The van der Waals surface area contributed by atoms with Gasteiger partial charge in [-0.15, -0.1) is 0 Å². The lowest BCUT2D eigenvalue weighted by Crippen LogP contribution is -2.30. The first-order valence-electron chi connectivity index (χ1n) is 9.97. The molecule has 0 radical (unpaired) electrons. The van der Waals surface area contributed by atoms with Gasteiger partial charge in [0, 0.05) is 12.2 Å². The number of amides is 2. The van der Waals surface area contributed by atoms with E-state index in [-0.39, 0.29) is 12.1 Å². The van der Waals surface area contributed by atoms with Gasteiger partial charge in [-0.1, -0.05) is 24.3 Å². The van der Waals surface area contributed by atoms with Crippen LogP contribution in [0.2, 0.25) is 0 Å². The Morgan fingerprint density at radius 2 is 1.79 bits per heavy atom. The Morgan fingerprint density at radius 1 is 1.04 bits per heavy atom. The average Bonchev–Trinajstić information content (AvgIpc) is 3.34. The highest BCUT2D eigenvalue weighted by atomic mass is 16.2. The second-order valence-corrected chi connectivity index (χ2v) is 7.92. The predicted octanol–water partition coefficient (Wildman–Crippen LogP) is 3.64. The molecule has 2 aromatic carbocycles. The molecule has 1 unspecified atom stereocenters. The van der Waals surface area contributed by atoms with Crippen LogP contribution in [0.15, 0.2) is 48.8 Å². The molecule has 5 rings (SSSR count). The number of H-pyrrole nitrogens is 1. The Balaban J connectivity index is 1.40. The summed E-state index contributed by atoms with van der Waals surface area (Å²) in [5.41, 5.74) is 5.30. The van der Waals surface area contributed by atoms with Gasteiger partial charge >= 0.3 is 6.03 Å². The summed E-state index contributed by atoms with van der Waals surface area (Å²) in [5, 5.41) is 2.99. The fourth-order valence-corrected chi connectivity index (χ4v) is 4.47. The van der Waals surface area contributed by atoms with Crippen LogP contribution in [-0.4, -0.2) is 47.6 Å². The van der Waals surface area contributed by atoms with Crippen molar-refractivity contribution in [2.45, 2.75) is 24.8 Å². The van der Waals surface area contributed by atoms with Gasteiger partial charge in [0.15, 0.2) is 0 Å². The molecule has 0 spiro atoms. The van der Waals surface area contributed by atoms with Crippen LogP contribution in [0.1, 0.15) is 35.9 Å². The van der Waals surface area contributed by atoms with Gasteiger partial charge in [0.1, 0.15) is 0 Å². The first kappa shape index (κ1) is 17.3. The van der Waals surface area contributed by atoms with E-state index in [1.54, 1.807) is 6.33 Å². The van der Waals surface area contributed by atoms with Crippen LogP contribution in [0, 0.1) is 0 Å². The van der Waals surface area contributed by atoms with Crippen LogP contribution in [0.3, 0.4) is 0 Å². The maximum Gasteiger partial charge on any atom is 0.322 e. The molecule has 6 nitrogen and oxygen atoms in total. The van der Waals surface area contributed by atoms with E-state index in [0.717, 1.165) is 35.4 Å². The fourth-order valence-electron chi connectivity index (χ4n) is 4.47. The number of likely N-dealkylation sites (tertiary alicyclic amines) is 1. The second-order valence-electron chi connectivity index (χ2n) is 7.92. The minimum Gasteiger partial charge on any atom is -0.345 e. The number of nitrogens with zero attached hydrogens (tertiary/aromatic N) is 3. The number of carbonyl (C=O) groups is 1. The normalized spacial score (nSPS) is 21.4. The van der Waals surface area contributed by atoms with E-state index in [1.807, 2.05) is 23.1 Å². The number of imidazole rings is 1. The number of carbonyl (C=O) groups excluding carboxylic acids is 1. The molecule has 3 aromatic rings. The average molecular weight is 375 g/mol. The number of aromatic nitrogens is 2. The van der Waals surface area contributed by atoms with Crippen molar-refractivity contribution in [2.75, 3.05) is 31.6 Å². The number of fused-ring (bicyclic) bond motifs is 1. The summed E-state index contributed by atoms with van der Waals surface area (Å²) in [6.45, 7) is 2.94. The number of anilines is 1. The first-order valence-corrected chi connectivity index (χ1v) is 9.97. The lowest BCUT2D eigenvalue weighted by Gasteiger charge is -2.29. The van der Waals surface area contributed by atoms with Crippen molar-refractivity contribution in [2.24, 2.45) is 0 Å². The Labute approximate surface area is 164 Å². The highest BCUT2D eigenvalue weighted by molar-refractivity contribution is 5.97. The van der Waals surface area contributed by atoms with Crippen molar-refractivity contribution >= 4 is 22.8 Å². The number of benzene rings is 2. The van der Waals surface area contributed by atoms with E-state index in [0.29, 0.717) is 12.5 Å². The van der Waals surface area contributed by atoms with Gasteiger partial charge in [-0.05, 0) is 68.2 Å². The molecule has 0 saturated carbocycles. The zero-order valence-electron chi connectivity index (χ0n) is 16.1. The van der Waals surface area contributed by atoms with Crippen LogP contribution < -0.4 is 10.2 Å². The molecule has 6 heteroatoms. The number of rotatable bonds is 3. The summed E-state index contributed by atoms with van der Waals surface area (Å²) in [7, 11) is 2.19. The number of hydrogen-bond acceptors (Lipinski definition) is 3. The summed E-state index contributed by atoms with van der Waals surface area (Å²) in [5.74, 6) is 0.645. The maximum atomic E-state index is 12.6. The topological polar surface area (TPSA) is 64.3 Å². The molecule has 2 amide bonds. The maximum absolute atomic E-state index is 12.6. The Hall–Kier alpha value is -2.86. The van der Waals surface area contributed by atoms with E-state index < -0.39 is 0 Å². The van der Waals surface area contributed by atoms with Crippen LogP contribution in [0.25, 0.3) is 11.0 Å². The minimum absolute atomic E-state index is 0.00423. The molecule has 2 N–H and O–H groups in total. The number of hydrogen-bond donors (Lipinski definition) is 2. The molecule has 2 saturated heterocycles. The molecule has 1 atom stereocenters. The highest BCUT2D eigenvalue weighted by Crippen LogP contribution is 2.34. The zero-order chi connectivity index (χ0) is 19.1. The molecule has 28 heavy (non-hydrogen) atoms. The summed E-state index contributed by atoms with van der Waals surface area (Å²) in [6, 6.07) is 14.8. The third-order valence-corrected chi connectivity index (χ3v) is 6.17. The van der Waals surface area contributed by atoms with Gasteiger partial charge in [-0.2, -0.15) is 0 Å². The predicted molar refractivity (Wildman–Crippen MR) is 111 cm³/mol. The van der Waals surface area contributed by atoms with Gasteiger partial charge in [0.05, 0.1) is 23.4 Å². The molecular weight excluding hydrogens is 350 g/mol. The van der Waals surface area contributed by atoms with Gasteiger partial charge < -0.3 is 15.2 Å². The monoisotopic (exact) mass is 375 g/mol. The van der Waals surface area contributed by atoms with Crippen LogP contribution in [0.5, 0.6) is 0 Å². The quantitative estimate of drug-likeness (QED) is 0.735. The van der Waals surface area contributed by atoms with E-state index in [4.69, 9.17) is 0 Å². The second kappa shape index (κ2) is 6.95. The SMILES string of the molecule is CN1CCC(c2ccc(C3CNC(=O)N3c3ccc4[nH]cnc4c3)cc2)CC1. The molecule has 2 aliphatic heterocycles. The number of aromatic amines is 1. The number of nitrogens with one attached hydrogen (secondary N) is 2. The molecule has 0 bridgehead atoms. The fraction of sp³-hybridized carbons (Fsp3) is 0.364. The van der Waals surface area contributed by atoms with Crippen molar-refractivity contribution in [3.63, 3.8) is 0 Å². The molecule has 2 fully saturated rings. The standard InChI is InChI=1S/C22H25N5O/c1-26-10-8-16(9-11-26)15-2-4-17(5-3-15)21-13-23-22(28)27(21)18-6-7-19-20(12-18)25-14-24-19/h2-7,12,14,16,21H,8-11,13H2,1H3,(H,23,28)(H,24,25). The smallest absolute Gasteiger partial charge is 0.322 e. The van der Waals surface area contributed by atoms with Crippen molar-refractivity contribution in [3.8, 4) is 0 Å². The van der Waals surface area contributed by atoms with Gasteiger partial charge in [-0.3, -0.25) is 4.90 Å². The molecule has 144 valence electrons. The van der Waals surface area contributed by atoms with Gasteiger partial charge in [0.25, 0.3) is 0 Å². The Morgan fingerprint density at radius 3 is 2.57 bits per heavy atom. The van der Waals surface area contributed by atoms with E-state index in [9.17, 15) is 4.79 Å². The van der Waals surface area contributed by atoms with Gasteiger partial charge in [0.2, 0.25) is 0 Å². The molecule has 1 aromatic heterocycles. The highest BCUT2D eigenvalue weighted by Gasteiger charge is 2.33. The molecule has 3 heterocycles. The number of piperidine rings is 1. The molecule has 0 aliphatic carbocycles. The van der Waals surface area contributed by atoms with Crippen molar-refractivity contribution in [1.82, 2.24) is 20.2 Å². The first-order chi connectivity index (χ1) is 13.7. The Kier molecular flexibility index (Phi) is 4.28. The number of urea groups is 1. The summed E-state index contributed by atoms with van der Waals surface area (Å²) < 4.78 is 0. The third-order valence-electron chi connectivity index (χ3n) is 6.17. The minimum atomic E-state index is -0.0562. The van der Waals surface area contributed by atoms with Crippen molar-refractivity contribution < 1.29 is 4.79 Å². The zero-order valence-corrected chi connectivity index (χ0v) is 16.1. The van der Waals surface area contributed by atoms with Gasteiger partial charge in [-0.25, -0.2) is 9.78 Å². The van der Waals surface area contributed by atoms with E-state index in [2.05, 4.69) is 51.5 Å². The largest absolute Gasteiger partial charge is 0.345 e. The van der Waals surface area contributed by atoms with Crippen LogP contribution >= 0.6 is 0 Å². The van der Waals surface area contributed by atoms with E-state index in [1.165, 1.54) is 18.4 Å².